The third-order valence-corrected chi connectivity index (χ3v) is 3.78. The average Bonchev–Trinajstić information content (AvgIpc) is 2.97. The van der Waals surface area contributed by atoms with E-state index in [1.54, 1.807) is 6.07 Å². The molecule has 0 bridgehead atoms. The third kappa shape index (κ3) is 3.79. The molecular weight excluding hydrogens is 340 g/mol. The van der Waals surface area contributed by atoms with Gasteiger partial charge in [0.2, 0.25) is 0 Å². The van der Waals surface area contributed by atoms with Crippen LogP contribution in [0.5, 0.6) is 11.5 Å². The Hall–Kier alpha value is -3.30. The van der Waals surface area contributed by atoms with E-state index in [2.05, 4.69) is 21.3 Å². The smallest absolute Gasteiger partial charge is 0.191 e. The highest BCUT2D eigenvalue weighted by Gasteiger charge is 2.13. The number of hydrogen-bond acceptors (Lipinski definition) is 5. The molecule has 0 amide bonds. The number of H-pyrrole nitrogens is 1. The highest BCUT2D eigenvalue weighted by Crippen LogP contribution is 2.24. The molecule has 25 heavy (non-hydrogen) atoms. The minimum atomic E-state index is -0.0326. The lowest BCUT2D eigenvalue weighted by Gasteiger charge is -2.00. The van der Waals surface area contributed by atoms with E-state index in [4.69, 9.17) is 11.6 Å². The van der Waals surface area contributed by atoms with Crippen molar-refractivity contribution in [2.24, 2.45) is 4.99 Å². The van der Waals surface area contributed by atoms with Crippen molar-refractivity contribution < 1.29 is 10.2 Å². The van der Waals surface area contributed by atoms with Crippen LogP contribution >= 0.6 is 11.6 Å². The molecule has 0 spiro atoms. The molecule has 0 radical (unpaired) electrons. The lowest BCUT2D eigenvalue weighted by atomic mass is 10.1. The summed E-state index contributed by atoms with van der Waals surface area (Å²) in [4.78, 5) is 4.14. The van der Waals surface area contributed by atoms with Crippen molar-refractivity contribution in [3.63, 3.8) is 0 Å². The number of nitrogens with one attached hydrogen (secondary N) is 1. The first-order chi connectivity index (χ1) is 12.1. The molecule has 6 nitrogen and oxygen atoms in total. The Kier molecular flexibility index (Phi) is 4.68. The van der Waals surface area contributed by atoms with E-state index in [1.807, 2.05) is 18.2 Å². The summed E-state index contributed by atoms with van der Waals surface area (Å²) in [6.45, 7) is 0. The number of benzene rings is 2. The summed E-state index contributed by atoms with van der Waals surface area (Å²) in [6.07, 6.45) is 1.80. The number of aromatic hydroxyl groups is 2. The van der Waals surface area contributed by atoms with Gasteiger partial charge in [0.05, 0.1) is 5.69 Å². The van der Waals surface area contributed by atoms with E-state index in [9.17, 15) is 15.5 Å². The van der Waals surface area contributed by atoms with Crippen LogP contribution in [0.2, 0.25) is 5.02 Å². The van der Waals surface area contributed by atoms with Crippen LogP contribution in [0.1, 0.15) is 22.4 Å². The van der Waals surface area contributed by atoms with Gasteiger partial charge in [-0.05, 0) is 35.9 Å². The lowest BCUT2D eigenvalue weighted by molar-refractivity contribution is 0.459. The molecule has 0 saturated heterocycles. The van der Waals surface area contributed by atoms with E-state index in [1.165, 1.54) is 24.4 Å². The second-order valence-corrected chi connectivity index (χ2v) is 5.76. The highest BCUT2D eigenvalue weighted by atomic mass is 35.5. The Morgan fingerprint density at radius 2 is 2.08 bits per heavy atom. The molecule has 0 aliphatic rings. The number of nitriles is 1. The molecule has 0 atom stereocenters. The first-order valence-electron chi connectivity index (χ1n) is 7.34. The van der Waals surface area contributed by atoms with Crippen LogP contribution in [0.4, 0.5) is 5.82 Å². The van der Waals surface area contributed by atoms with Crippen molar-refractivity contribution in [3.8, 4) is 17.6 Å². The normalized spacial score (nSPS) is 10.9. The molecule has 0 aliphatic heterocycles. The van der Waals surface area contributed by atoms with Crippen molar-refractivity contribution >= 4 is 23.6 Å². The van der Waals surface area contributed by atoms with E-state index < -0.39 is 0 Å². The van der Waals surface area contributed by atoms with Gasteiger partial charge in [-0.15, -0.1) is 0 Å². The number of aliphatic imine (C=N–C) groups is 1. The third-order valence-electron chi connectivity index (χ3n) is 3.54. The minimum absolute atomic E-state index is 0.00318. The molecule has 3 rings (SSSR count). The monoisotopic (exact) mass is 352 g/mol. The fraction of sp³-hybridized carbons (Fsp3) is 0.0556. The summed E-state index contributed by atoms with van der Waals surface area (Å²) < 4.78 is 0. The SMILES string of the molecule is N#Cc1c(N=Cc2cc(O)ccc2O)n[nH]c1Cc1cccc(Cl)c1. The van der Waals surface area contributed by atoms with Crippen LogP contribution in [0.3, 0.4) is 0 Å². The van der Waals surface area contributed by atoms with Gasteiger partial charge >= 0.3 is 0 Å². The van der Waals surface area contributed by atoms with Gasteiger partial charge in [-0.3, -0.25) is 5.10 Å². The van der Waals surface area contributed by atoms with Gasteiger partial charge in [0, 0.05) is 23.2 Å². The number of halogens is 1. The van der Waals surface area contributed by atoms with Gasteiger partial charge in [-0.25, -0.2) is 4.99 Å². The van der Waals surface area contributed by atoms with Gasteiger partial charge in [-0.1, -0.05) is 23.7 Å². The molecule has 124 valence electrons. The number of aromatic nitrogens is 2. The summed E-state index contributed by atoms with van der Waals surface area (Å²) >= 11 is 5.98. The maximum absolute atomic E-state index is 9.76. The average molecular weight is 353 g/mol. The zero-order valence-electron chi connectivity index (χ0n) is 12.9. The quantitative estimate of drug-likeness (QED) is 0.492. The number of phenols is 2. The van der Waals surface area contributed by atoms with Gasteiger partial charge in [0.1, 0.15) is 23.1 Å². The van der Waals surface area contributed by atoms with Crippen LogP contribution in [0, 0.1) is 11.3 Å². The second-order valence-electron chi connectivity index (χ2n) is 5.32. The number of hydrogen-bond donors (Lipinski definition) is 3. The molecule has 3 N–H and O–H groups in total. The van der Waals surface area contributed by atoms with Crippen molar-refractivity contribution in [1.82, 2.24) is 10.2 Å². The molecule has 0 unspecified atom stereocenters. The Bertz CT molecular complexity index is 989. The minimum Gasteiger partial charge on any atom is -0.508 e. The molecule has 3 aromatic rings. The lowest BCUT2D eigenvalue weighted by Crippen LogP contribution is -1.91. The highest BCUT2D eigenvalue weighted by molar-refractivity contribution is 6.30. The van der Waals surface area contributed by atoms with Gasteiger partial charge in [-0.2, -0.15) is 10.4 Å². The van der Waals surface area contributed by atoms with Crippen molar-refractivity contribution in [1.29, 1.82) is 5.26 Å². The number of nitrogens with zero attached hydrogens (tertiary/aromatic N) is 3. The summed E-state index contributed by atoms with van der Waals surface area (Å²) in [5.41, 5.74) is 2.20. The van der Waals surface area contributed by atoms with E-state index in [0.717, 1.165) is 5.56 Å². The molecular formula is C18H13ClN4O2. The summed E-state index contributed by atoms with van der Waals surface area (Å²) in [7, 11) is 0. The zero-order chi connectivity index (χ0) is 17.8. The predicted octanol–water partition coefficient (Wildman–Crippen LogP) is 3.69. The fourth-order valence-electron chi connectivity index (χ4n) is 2.33. The van der Waals surface area contributed by atoms with E-state index in [-0.39, 0.29) is 17.3 Å². The zero-order valence-corrected chi connectivity index (χ0v) is 13.7. The molecule has 2 aromatic carbocycles. The van der Waals surface area contributed by atoms with Crippen LogP contribution in [-0.2, 0) is 6.42 Å². The predicted molar refractivity (Wildman–Crippen MR) is 94.6 cm³/mol. The van der Waals surface area contributed by atoms with Crippen LogP contribution in [0.25, 0.3) is 0 Å². The standard InChI is InChI=1S/C18H13ClN4O2/c19-13-3-1-2-11(6-13)7-16-15(9-20)18(23-22-16)21-10-12-8-14(24)4-5-17(12)25/h1-6,8,10,24-25H,7H2,(H,22,23). The van der Waals surface area contributed by atoms with Crippen LogP contribution in [0.15, 0.2) is 47.5 Å². The number of rotatable bonds is 4. The Morgan fingerprint density at radius 1 is 1.24 bits per heavy atom. The Morgan fingerprint density at radius 3 is 2.84 bits per heavy atom. The molecule has 1 aromatic heterocycles. The summed E-state index contributed by atoms with van der Waals surface area (Å²) in [5.74, 6) is 0.181. The Balaban J connectivity index is 1.88. The van der Waals surface area contributed by atoms with Gasteiger partial charge in [0.25, 0.3) is 0 Å². The van der Waals surface area contributed by atoms with E-state index in [0.29, 0.717) is 28.3 Å². The molecule has 1 heterocycles. The summed E-state index contributed by atoms with van der Waals surface area (Å²) in [5, 5.41) is 36.1. The molecule has 0 fully saturated rings. The first-order valence-corrected chi connectivity index (χ1v) is 7.72. The van der Waals surface area contributed by atoms with Gasteiger partial charge in [0.15, 0.2) is 5.82 Å². The number of phenolic OH excluding ortho intramolecular Hbond substituents is 2. The number of aromatic amines is 1. The second kappa shape index (κ2) is 7.07. The van der Waals surface area contributed by atoms with Crippen molar-refractivity contribution in [3.05, 3.63) is 69.9 Å². The fourth-order valence-corrected chi connectivity index (χ4v) is 2.55. The largest absolute Gasteiger partial charge is 0.508 e. The van der Waals surface area contributed by atoms with Gasteiger partial charge < -0.3 is 10.2 Å². The topological polar surface area (TPSA) is 105 Å². The Labute approximate surface area is 148 Å². The molecule has 7 heteroatoms. The van der Waals surface area contributed by atoms with E-state index >= 15 is 0 Å². The maximum Gasteiger partial charge on any atom is 0.191 e. The summed E-state index contributed by atoms with van der Waals surface area (Å²) in [6, 6.07) is 13.5. The molecule has 0 saturated carbocycles. The first kappa shape index (κ1) is 16.6. The van der Waals surface area contributed by atoms with Crippen molar-refractivity contribution in [2.75, 3.05) is 0 Å². The maximum atomic E-state index is 9.76. The van der Waals surface area contributed by atoms with Crippen LogP contribution < -0.4 is 0 Å². The van der Waals surface area contributed by atoms with Crippen LogP contribution in [-0.4, -0.2) is 26.6 Å². The molecule has 0 aliphatic carbocycles. The van der Waals surface area contributed by atoms with Crippen molar-refractivity contribution in [2.45, 2.75) is 6.42 Å².